The third kappa shape index (κ3) is 4.58. The van der Waals surface area contributed by atoms with Crippen molar-refractivity contribution in [3.8, 4) is 0 Å². The summed E-state index contributed by atoms with van der Waals surface area (Å²) >= 11 is 0. The maximum Gasteiger partial charge on any atom is 0.226 e. The molecule has 1 amide bonds. The number of halogens is 2. The van der Waals surface area contributed by atoms with Crippen LogP contribution < -0.4 is 9.80 Å². The van der Waals surface area contributed by atoms with Crippen LogP contribution in [-0.2, 0) is 11.2 Å². The van der Waals surface area contributed by atoms with E-state index in [1.807, 2.05) is 28.0 Å². The van der Waals surface area contributed by atoms with Crippen LogP contribution in [0.25, 0.3) is 0 Å². The van der Waals surface area contributed by atoms with Gasteiger partial charge >= 0.3 is 0 Å². The lowest BCUT2D eigenvalue weighted by atomic mass is 10.1. The molecule has 0 atom stereocenters. The Bertz CT molecular complexity index is 865. The monoisotopic (exact) mass is 399 g/mol. The lowest BCUT2D eigenvalue weighted by Crippen LogP contribution is -2.47. The standard InChI is InChI=1S/C23H27F2N3O/c24-19-8-9-22(20(25)17-19)27-15-13-26(14-16-27)11-4-3-7-23(29)28-12-10-18-5-1-2-6-21(18)28/h1-2,5-6,8-9,17H,3-4,7,10-16H2. The van der Waals surface area contributed by atoms with E-state index in [4.69, 9.17) is 0 Å². The second-order valence-electron chi connectivity index (χ2n) is 7.81. The fourth-order valence-electron chi connectivity index (χ4n) is 4.29. The number of rotatable bonds is 6. The molecule has 0 aromatic heterocycles. The molecule has 4 nitrogen and oxygen atoms in total. The first-order valence-electron chi connectivity index (χ1n) is 10.4. The highest BCUT2D eigenvalue weighted by molar-refractivity contribution is 5.95. The SMILES string of the molecule is O=C(CCCCN1CCN(c2ccc(F)cc2F)CC1)N1CCc2ccccc21. The normalized spacial score (nSPS) is 16.9. The van der Waals surface area contributed by atoms with E-state index in [0.717, 1.165) is 70.3 Å². The van der Waals surface area contributed by atoms with E-state index in [1.54, 1.807) is 0 Å². The van der Waals surface area contributed by atoms with Gasteiger partial charge in [-0.2, -0.15) is 0 Å². The lowest BCUT2D eigenvalue weighted by Gasteiger charge is -2.36. The van der Waals surface area contributed by atoms with Gasteiger partial charge in [0.15, 0.2) is 0 Å². The van der Waals surface area contributed by atoms with Crippen molar-refractivity contribution in [1.29, 1.82) is 0 Å². The number of unbranched alkanes of at least 4 members (excludes halogenated alkanes) is 1. The molecule has 2 aliphatic rings. The molecule has 0 N–H and O–H groups in total. The van der Waals surface area contributed by atoms with Crippen LogP contribution in [0.3, 0.4) is 0 Å². The fraction of sp³-hybridized carbons (Fsp3) is 0.435. The number of hydrogen-bond acceptors (Lipinski definition) is 3. The number of anilines is 2. The predicted molar refractivity (Wildman–Crippen MR) is 111 cm³/mol. The molecule has 6 heteroatoms. The van der Waals surface area contributed by atoms with Gasteiger partial charge in [0.05, 0.1) is 5.69 Å². The molecule has 0 aliphatic carbocycles. The second-order valence-corrected chi connectivity index (χ2v) is 7.81. The molecule has 0 saturated carbocycles. The predicted octanol–water partition coefficient (Wildman–Crippen LogP) is 3.85. The van der Waals surface area contributed by atoms with Crippen molar-refractivity contribution in [2.24, 2.45) is 0 Å². The first-order valence-corrected chi connectivity index (χ1v) is 10.4. The van der Waals surface area contributed by atoms with Gasteiger partial charge < -0.3 is 9.80 Å². The number of carbonyl (C=O) groups is 1. The topological polar surface area (TPSA) is 26.8 Å². The second kappa shape index (κ2) is 8.91. The van der Waals surface area contributed by atoms with Crippen molar-refractivity contribution in [2.45, 2.75) is 25.7 Å². The Balaban J connectivity index is 1.17. The zero-order valence-electron chi connectivity index (χ0n) is 16.6. The molecule has 0 spiro atoms. The van der Waals surface area contributed by atoms with Crippen LogP contribution in [0.2, 0.25) is 0 Å². The van der Waals surface area contributed by atoms with E-state index in [2.05, 4.69) is 11.0 Å². The number of amides is 1. The minimum Gasteiger partial charge on any atom is -0.367 e. The van der Waals surface area contributed by atoms with Crippen molar-refractivity contribution in [3.05, 3.63) is 59.7 Å². The smallest absolute Gasteiger partial charge is 0.226 e. The minimum absolute atomic E-state index is 0.214. The molecule has 29 heavy (non-hydrogen) atoms. The van der Waals surface area contributed by atoms with Gasteiger partial charge in [-0.05, 0) is 49.6 Å². The molecule has 2 heterocycles. The molecular formula is C23H27F2N3O. The van der Waals surface area contributed by atoms with Gasteiger partial charge in [-0.15, -0.1) is 0 Å². The van der Waals surface area contributed by atoms with E-state index < -0.39 is 11.6 Å². The highest BCUT2D eigenvalue weighted by Crippen LogP contribution is 2.28. The van der Waals surface area contributed by atoms with Crippen LogP contribution in [0.1, 0.15) is 24.8 Å². The van der Waals surface area contributed by atoms with E-state index in [1.165, 1.54) is 17.7 Å². The third-order valence-electron chi connectivity index (χ3n) is 5.93. The van der Waals surface area contributed by atoms with Crippen LogP contribution >= 0.6 is 0 Å². The zero-order chi connectivity index (χ0) is 20.2. The summed E-state index contributed by atoms with van der Waals surface area (Å²) in [6.07, 6.45) is 3.38. The molecule has 1 saturated heterocycles. The highest BCUT2D eigenvalue weighted by atomic mass is 19.1. The molecule has 2 aliphatic heterocycles. The number of piperazine rings is 1. The van der Waals surface area contributed by atoms with Crippen LogP contribution in [0.5, 0.6) is 0 Å². The Morgan fingerprint density at radius 3 is 2.48 bits per heavy atom. The Kier molecular flexibility index (Phi) is 6.09. The van der Waals surface area contributed by atoms with Crippen molar-refractivity contribution >= 4 is 17.3 Å². The molecule has 2 aromatic rings. The molecule has 0 unspecified atom stereocenters. The largest absolute Gasteiger partial charge is 0.367 e. The summed E-state index contributed by atoms with van der Waals surface area (Å²) in [5.74, 6) is -0.830. The maximum absolute atomic E-state index is 13.9. The number of hydrogen-bond donors (Lipinski definition) is 0. The van der Waals surface area contributed by atoms with E-state index in [0.29, 0.717) is 12.1 Å². The van der Waals surface area contributed by atoms with Gasteiger partial charge in [0, 0.05) is 50.9 Å². The summed E-state index contributed by atoms with van der Waals surface area (Å²) in [6.45, 7) is 4.90. The van der Waals surface area contributed by atoms with E-state index in [9.17, 15) is 13.6 Å². The van der Waals surface area contributed by atoms with Crippen molar-refractivity contribution in [2.75, 3.05) is 49.1 Å². The van der Waals surface area contributed by atoms with Gasteiger partial charge in [-0.1, -0.05) is 18.2 Å². The Hall–Kier alpha value is -2.47. The van der Waals surface area contributed by atoms with Crippen molar-refractivity contribution in [3.63, 3.8) is 0 Å². The van der Waals surface area contributed by atoms with E-state index >= 15 is 0 Å². The van der Waals surface area contributed by atoms with Gasteiger partial charge in [0.2, 0.25) is 5.91 Å². The number of carbonyl (C=O) groups excluding carboxylic acids is 1. The summed E-state index contributed by atoms with van der Waals surface area (Å²) in [6, 6.07) is 11.9. The Morgan fingerprint density at radius 1 is 0.897 bits per heavy atom. The summed E-state index contributed by atoms with van der Waals surface area (Å²) in [5, 5.41) is 0. The summed E-state index contributed by atoms with van der Waals surface area (Å²) in [7, 11) is 0. The van der Waals surface area contributed by atoms with Crippen molar-refractivity contribution in [1.82, 2.24) is 4.90 Å². The third-order valence-corrected chi connectivity index (χ3v) is 5.93. The summed E-state index contributed by atoms with van der Waals surface area (Å²) < 4.78 is 27.0. The molecule has 1 fully saturated rings. The minimum atomic E-state index is -0.545. The molecule has 0 bridgehead atoms. The molecule has 4 rings (SSSR count). The van der Waals surface area contributed by atoms with Crippen LogP contribution in [0.15, 0.2) is 42.5 Å². The maximum atomic E-state index is 13.9. The zero-order valence-corrected chi connectivity index (χ0v) is 16.6. The number of benzene rings is 2. The Labute approximate surface area is 170 Å². The van der Waals surface area contributed by atoms with Crippen LogP contribution in [0, 0.1) is 11.6 Å². The number of nitrogens with zero attached hydrogens (tertiary/aromatic N) is 3. The van der Waals surface area contributed by atoms with E-state index in [-0.39, 0.29) is 5.91 Å². The summed E-state index contributed by atoms with van der Waals surface area (Å²) in [5.41, 5.74) is 2.81. The molecule has 0 radical (unpaired) electrons. The lowest BCUT2D eigenvalue weighted by molar-refractivity contribution is -0.118. The fourth-order valence-corrected chi connectivity index (χ4v) is 4.29. The van der Waals surface area contributed by atoms with Crippen LogP contribution in [0.4, 0.5) is 20.2 Å². The average Bonchev–Trinajstić information content (AvgIpc) is 3.16. The summed E-state index contributed by atoms with van der Waals surface area (Å²) in [4.78, 5) is 18.8. The first-order chi connectivity index (χ1) is 14.1. The number of fused-ring (bicyclic) bond motifs is 1. The Morgan fingerprint density at radius 2 is 1.69 bits per heavy atom. The first kappa shape index (κ1) is 19.8. The van der Waals surface area contributed by atoms with Gasteiger partial charge in [0.25, 0.3) is 0 Å². The molecule has 2 aromatic carbocycles. The average molecular weight is 399 g/mol. The highest BCUT2D eigenvalue weighted by Gasteiger charge is 2.24. The van der Waals surface area contributed by atoms with Crippen molar-refractivity contribution < 1.29 is 13.6 Å². The van der Waals surface area contributed by atoms with Gasteiger partial charge in [-0.3, -0.25) is 9.69 Å². The molecule has 154 valence electrons. The quantitative estimate of drug-likeness (QED) is 0.691. The van der Waals surface area contributed by atoms with Crippen LogP contribution in [-0.4, -0.2) is 50.1 Å². The molecular weight excluding hydrogens is 372 g/mol. The van der Waals surface area contributed by atoms with Gasteiger partial charge in [-0.25, -0.2) is 8.78 Å². The number of para-hydroxylation sites is 1. The van der Waals surface area contributed by atoms with Gasteiger partial charge in [0.1, 0.15) is 11.6 Å².